The molecule has 0 bridgehead atoms. The zero-order chi connectivity index (χ0) is 15.9. The zero-order valence-electron chi connectivity index (χ0n) is 14.5. The number of ether oxygens (including phenoxy) is 1. The van der Waals surface area contributed by atoms with Crippen molar-refractivity contribution in [3.63, 3.8) is 0 Å². The molecule has 0 amide bonds. The van der Waals surface area contributed by atoms with E-state index in [9.17, 15) is 0 Å². The summed E-state index contributed by atoms with van der Waals surface area (Å²) in [6.07, 6.45) is 11.2. The lowest BCUT2D eigenvalue weighted by atomic mass is 9.88. The van der Waals surface area contributed by atoms with Crippen molar-refractivity contribution in [2.75, 3.05) is 6.54 Å². The first-order chi connectivity index (χ1) is 9.84. The number of hydrogen-bond acceptors (Lipinski definition) is 2. The maximum absolute atomic E-state index is 5.85. The Morgan fingerprint density at radius 2 is 1.95 bits per heavy atom. The van der Waals surface area contributed by atoms with Crippen molar-refractivity contribution in [3.05, 3.63) is 36.1 Å². The highest BCUT2D eigenvalue weighted by molar-refractivity contribution is 5.23. The zero-order valence-corrected chi connectivity index (χ0v) is 14.5. The molecular weight excluding hydrogens is 258 g/mol. The molecule has 0 unspecified atom stereocenters. The Kier molecular flexibility index (Phi) is 7.24. The molecule has 1 aliphatic rings. The second-order valence-electron chi connectivity index (χ2n) is 7.19. The van der Waals surface area contributed by atoms with Crippen LogP contribution in [0, 0.1) is 5.41 Å². The SMILES string of the molecule is C=C(/C=C\C(=C/C)CCC(C)(C)C)OC1CC(NCC)C1. The molecule has 0 aromatic heterocycles. The lowest BCUT2D eigenvalue weighted by molar-refractivity contribution is 0.0345. The van der Waals surface area contributed by atoms with E-state index in [-0.39, 0.29) is 0 Å². The maximum Gasteiger partial charge on any atom is 0.112 e. The van der Waals surface area contributed by atoms with E-state index in [0.29, 0.717) is 17.6 Å². The molecule has 1 N–H and O–H groups in total. The predicted molar refractivity (Wildman–Crippen MR) is 92.3 cm³/mol. The van der Waals surface area contributed by atoms with Crippen LogP contribution in [0.4, 0.5) is 0 Å². The van der Waals surface area contributed by atoms with E-state index in [1.165, 1.54) is 12.0 Å². The molecule has 0 aromatic carbocycles. The number of hydrogen-bond donors (Lipinski definition) is 1. The highest BCUT2D eigenvalue weighted by Gasteiger charge is 2.29. The Labute approximate surface area is 131 Å². The summed E-state index contributed by atoms with van der Waals surface area (Å²) >= 11 is 0. The molecule has 2 heteroatoms. The second kappa shape index (κ2) is 8.43. The third kappa shape index (κ3) is 7.52. The van der Waals surface area contributed by atoms with Gasteiger partial charge in [-0.2, -0.15) is 0 Å². The molecule has 1 saturated carbocycles. The van der Waals surface area contributed by atoms with Crippen LogP contribution in [0.3, 0.4) is 0 Å². The Hall–Kier alpha value is -1.02. The molecule has 0 radical (unpaired) electrons. The van der Waals surface area contributed by atoms with Gasteiger partial charge in [0.15, 0.2) is 0 Å². The smallest absolute Gasteiger partial charge is 0.112 e. The Balaban J connectivity index is 2.29. The van der Waals surface area contributed by atoms with Crippen molar-refractivity contribution >= 4 is 0 Å². The lowest BCUT2D eigenvalue weighted by Crippen LogP contribution is -2.45. The van der Waals surface area contributed by atoms with E-state index >= 15 is 0 Å². The lowest BCUT2D eigenvalue weighted by Gasteiger charge is -2.35. The average Bonchev–Trinajstić information content (AvgIpc) is 2.35. The van der Waals surface area contributed by atoms with Gasteiger partial charge in [-0.05, 0) is 50.6 Å². The van der Waals surface area contributed by atoms with Gasteiger partial charge in [-0.25, -0.2) is 0 Å². The van der Waals surface area contributed by atoms with E-state index in [4.69, 9.17) is 4.74 Å². The second-order valence-corrected chi connectivity index (χ2v) is 7.19. The van der Waals surface area contributed by atoms with E-state index in [1.54, 1.807) is 0 Å². The van der Waals surface area contributed by atoms with Crippen LogP contribution in [0.5, 0.6) is 0 Å². The van der Waals surface area contributed by atoms with Crippen LogP contribution in [0.2, 0.25) is 0 Å². The molecule has 120 valence electrons. The van der Waals surface area contributed by atoms with Crippen molar-refractivity contribution in [1.82, 2.24) is 5.32 Å². The van der Waals surface area contributed by atoms with Gasteiger partial charge in [-0.3, -0.25) is 0 Å². The van der Waals surface area contributed by atoms with Crippen molar-refractivity contribution in [1.29, 1.82) is 0 Å². The predicted octanol–water partition coefficient (Wildman–Crippen LogP) is 4.99. The largest absolute Gasteiger partial charge is 0.491 e. The van der Waals surface area contributed by atoms with Crippen molar-refractivity contribution in [3.8, 4) is 0 Å². The van der Waals surface area contributed by atoms with Gasteiger partial charge >= 0.3 is 0 Å². The average molecular weight is 291 g/mol. The van der Waals surface area contributed by atoms with Gasteiger partial charge in [-0.15, -0.1) is 0 Å². The van der Waals surface area contributed by atoms with Crippen LogP contribution < -0.4 is 5.32 Å². The topological polar surface area (TPSA) is 21.3 Å². The van der Waals surface area contributed by atoms with Crippen LogP contribution in [0.25, 0.3) is 0 Å². The van der Waals surface area contributed by atoms with Gasteiger partial charge in [0, 0.05) is 6.04 Å². The fourth-order valence-electron chi connectivity index (χ4n) is 2.41. The first-order valence-corrected chi connectivity index (χ1v) is 8.26. The standard InChI is InChI=1S/C19H33NO/c1-7-16(11-12-19(4,5)6)10-9-15(3)21-18-13-17(14-18)20-8-2/h7,9-10,17-18,20H,3,8,11-14H2,1-2,4-6H3/b10-9-,16-7+. The van der Waals surface area contributed by atoms with E-state index in [2.05, 4.69) is 58.7 Å². The van der Waals surface area contributed by atoms with E-state index in [1.807, 2.05) is 6.08 Å². The summed E-state index contributed by atoms with van der Waals surface area (Å²) in [5.74, 6) is 0.782. The first-order valence-electron chi connectivity index (χ1n) is 8.26. The summed E-state index contributed by atoms with van der Waals surface area (Å²) in [4.78, 5) is 0. The number of nitrogens with one attached hydrogen (secondary N) is 1. The fraction of sp³-hybridized carbons (Fsp3) is 0.684. The van der Waals surface area contributed by atoms with Crippen LogP contribution >= 0.6 is 0 Å². The van der Waals surface area contributed by atoms with Gasteiger partial charge in [0.25, 0.3) is 0 Å². The quantitative estimate of drug-likeness (QED) is 0.502. The fourth-order valence-corrected chi connectivity index (χ4v) is 2.41. The summed E-state index contributed by atoms with van der Waals surface area (Å²) in [6.45, 7) is 16.1. The van der Waals surface area contributed by atoms with Crippen molar-refractivity contribution < 1.29 is 4.74 Å². The summed E-state index contributed by atoms with van der Waals surface area (Å²) in [6, 6.07) is 0.634. The van der Waals surface area contributed by atoms with Gasteiger partial charge < -0.3 is 10.1 Å². The monoisotopic (exact) mass is 291 g/mol. The molecule has 0 atom stereocenters. The third-order valence-electron chi connectivity index (χ3n) is 3.92. The van der Waals surface area contributed by atoms with Crippen LogP contribution in [0.1, 0.15) is 60.3 Å². The molecule has 0 heterocycles. The number of allylic oxidation sites excluding steroid dienone is 4. The van der Waals surface area contributed by atoms with Crippen LogP contribution in [-0.4, -0.2) is 18.7 Å². The van der Waals surface area contributed by atoms with E-state index in [0.717, 1.165) is 31.6 Å². The molecule has 0 saturated heterocycles. The molecule has 0 spiro atoms. The van der Waals surface area contributed by atoms with E-state index < -0.39 is 0 Å². The highest BCUT2D eigenvalue weighted by Crippen LogP contribution is 2.26. The summed E-state index contributed by atoms with van der Waals surface area (Å²) in [5.41, 5.74) is 1.73. The van der Waals surface area contributed by atoms with Crippen LogP contribution in [-0.2, 0) is 4.74 Å². The molecule has 1 aliphatic carbocycles. The molecular formula is C19H33NO. The Morgan fingerprint density at radius 1 is 1.29 bits per heavy atom. The van der Waals surface area contributed by atoms with Gasteiger partial charge in [-0.1, -0.05) is 52.0 Å². The van der Waals surface area contributed by atoms with Gasteiger partial charge in [0.1, 0.15) is 11.9 Å². The highest BCUT2D eigenvalue weighted by atomic mass is 16.5. The molecule has 0 aromatic rings. The van der Waals surface area contributed by atoms with Crippen molar-refractivity contribution in [2.24, 2.45) is 5.41 Å². The molecule has 1 rings (SSSR count). The molecule has 2 nitrogen and oxygen atoms in total. The normalized spacial score (nSPS) is 23.2. The molecule has 21 heavy (non-hydrogen) atoms. The molecule has 0 aliphatic heterocycles. The van der Waals surface area contributed by atoms with Crippen molar-refractivity contribution in [2.45, 2.75) is 72.4 Å². The summed E-state index contributed by atoms with van der Waals surface area (Å²) < 4.78 is 5.85. The summed E-state index contributed by atoms with van der Waals surface area (Å²) in [7, 11) is 0. The Morgan fingerprint density at radius 3 is 2.48 bits per heavy atom. The minimum atomic E-state index is 0.342. The minimum Gasteiger partial charge on any atom is -0.491 e. The first kappa shape index (κ1) is 18.0. The number of rotatable bonds is 8. The summed E-state index contributed by atoms with van der Waals surface area (Å²) in [5, 5.41) is 3.44. The van der Waals surface area contributed by atoms with Gasteiger partial charge in [0.05, 0.1) is 0 Å². The third-order valence-corrected chi connectivity index (χ3v) is 3.92. The van der Waals surface area contributed by atoms with Crippen LogP contribution in [0.15, 0.2) is 36.1 Å². The molecule has 1 fully saturated rings. The van der Waals surface area contributed by atoms with Gasteiger partial charge in [0.2, 0.25) is 0 Å². The minimum absolute atomic E-state index is 0.342. The Bertz CT molecular complexity index is 381. The maximum atomic E-state index is 5.85.